The van der Waals surface area contributed by atoms with Gasteiger partial charge in [-0.15, -0.1) is 0 Å². The van der Waals surface area contributed by atoms with E-state index in [4.69, 9.17) is 5.26 Å². The van der Waals surface area contributed by atoms with Crippen molar-refractivity contribution in [3.63, 3.8) is 0 Å². The monoisotopic (exact) mass is 214 g/mol. The second kappa shape index (κ2) is 4.80. The van der Waals surface area contributed by atoms with Crippen molar-refractivity contribution in [1.29, 1.82) is 5.26 Å². The molecule has 1 aliphatic carbocycles. The highest BCUT2D eigenvalue weighted by atomic mass is 16.1. The summed E-state index contributed by atoms with van der Waals surface area (Å²) in [5, 5.41) is 11.6. The fourth-order valence-corrected chi connectivity index (χ4v) is 1.75. The summed E-state index contributed by atoms with van der Waals surface area (Å²) in [6.45, 7) is 0.519. The number of nitriles is 1. The van der Waals surface area contributed by atoms with Gasteiger partial charge in [0.2, 0.25) is 5.91 Å². The zero-order valence-electron chi connectivity index (χ0n) is 9.07. The number of nitrogens with one attached hydrogen (secondary N) is 1. The highest BCUT2D eigenvalue weighted by Crippen LogP contribution is 2.26. The van der Waals surface area contributed by atoms with E-state index >= 15 is 0 Å². The molecular weight excluding hydrogens is 200 g/mol. The van der Waals surface area contributed by atoms with E-state index in [9.17, 15) is 4.79 Å². The van der Waals surface area contributed by atoms with Gasteiger partial charge in [-0.05, 0) is 30.5 Å². The van der Waals surface area contributed by atoms with E-state index in [-0.39, 0.29) is 11.8 Å². The summed E-state index contributed by atoms with van der Waals surface area (Å²) >= 11 is 0. The lowest BCUT2D eigenvalue weighted by Gasteiger charge is -2.24. The number of carbonyl (C=O) groups excluding carboxylic acids is 1. The molecule has 1 saturated carbocycles. The van der Waals surface area contributed by atoms with Crippen LogP contribution in [0.15, 0.2) is 24.3 Å². The van der Waals surface area contributed by atoms with Crippen molar-refractivity contribution < 1.29 is 4.79 Å². The van der Waals surface area contributed by atoms with Crippen LogP contribution in [0.2, 0.25) is 0 Å². The van der Waals surface area contributed by atoms with E-state index < -0.39 is 0 Å². The van der Waals surface area contributed by atoms with Crippen LogP contribution in [0.3, 0.4) is 0 Å². The van der Waals surface area contributed by atoms with Gasteiger partial charge < -0.3 is 5.32 Å². The van der Waals surface area contributed by atoms with Crippen molar-refractivity contribution in [2.45, 2.75) is 25.8 Å². The zero-order chi connectivity index (χ0) is 11.4. The molecular formula is C13H14N2O. The number of rotatable bonds is 3. The van der Waals surface area contributed by atoms with Gasteiger partial charge in [0.1, 0.15) is 0 Å². The highest BCUT2D eigenvalue weighted by Gasteiger charge is 2.24. The molecule has 0 aliphatic heterocycles. The second-order valence-electron chi connectivity index (χ2n) is 4.16. The predicted octanol–water partition coefficient (Wildman–Crippen LogP) is 1.97. The number of nitrogens with zero attached hydrogens (tertiary/aromatic N) is 1. The maximum absolute atomic E-state index is 11.6. The summed E-state index contributed by atoms with van der Waals surface area (Å²) in [5.74, 6) is 0.368. The van der Waals surface area contributed by atoms with E-state index in [0.717, 1.165) is 18.4 Å². The van der Waals surface area contributed by atoms with Crippen LogP contribution >= 0.6 is 0 Å². The summed E-state index contributed by atoms with van der Waals surface area (Å²) in [5.41, 5.74) is 1.61. The molecule has 0 unspecified atom stereocenters. The molecule has 82 valence electrons. The van der Waals surface area contributed by atoms with Crippen LogP contribution in [0.4, 0.5) is 0 Å². The van der Waals surface area contributed by atoms with Crippen LogP contribution in [0, 0.1) is 17.2 Å². The Labute approximate surface area is 95.1 Å². The molecule has 0 aromatic heterocycles. The maximum Gasteiger partial charge on any atom is 0.223 e. The van der Waals surface area contributed by atoms with Crippen molar-refractivity contribution in [3.8, 4) is 6.07 Å². The Kier molecular flexibility index (Phi) is 3.21. The number of amides is 1. The molecule has 16 heavy (non-hydrogen) atoms. The van der Waals surface area contributed by atoms with E-state index in [1.807, 2.05) is 12.1 Å². The lowest BCUT2D eigenvalue weighted by molar-refractivity contribution is -0.127. The third-order valence-corrected chi connectivity index (χ3v) is 3.00. The number of hydrogen-bond donors (Lipinski definition) is 1. The molecule has 0 heterocycles. The third kappa shape index (κ3) is 2.40. The molecule has 3 nitrogen and oxygen atoms in total. The van der Waals surface area contributed by atoms with Crippen molar-refractivity contribution in [2.24, 2.45) is 5.92 Å². The minimum atomic E-state index is 0.147. The molecule has 0 radical (unpaired) electrons. The summed E-state index contributed by atoms with van der Waals surface area (Å²) in [6.07, 6.45) is 3.20. The van der Waals surface area contributed by atoms with Crippen LogP contribution in [0.1, 0.15) is 30.4 Å². The first-order valence-electron chi connectivity index (χ1n) is 5.56. The van der Waals surface area contributed by atoms with Gasteiger partial charge in [0.25, 0.3) is 0 Å². The zero-order valence-corrected chi connectivity index (χ0v) is 9.07. The van der Waals surface area contributed by atoms with E-state index in [0.29, 0.717) is 12.1 Å². The van der Waals surface area contributed by atoms with Crippen LogP contribution in [0.25, 0.3) is 0 Å². The molecule has 1 aromatic carbocycles. The van der Waals surface area contributed by atoms with E-state index in [1.165, 1.54) is 6.42 Å². The van der Waals surface area contributed by atoms with Gasteiger partial charge in [0.05, 0.1) is 11.6 Å². The van der Waals surface area contributed by atoms with Crippen molar-refractivity contribution in [1.82, 2.24) is 5.32 Å². The molecule has 1 aliphatic rings. The minimum absolute atomic E-state index is 0.147. The van der Waals surface area contributed by atoms with Gasteiger partial charge in [0, 0.05) is 12.5 Å². The molecule has 2 rings (SSSR count). The first-order chi connectivity index (χ1) is 7.79. The third-order valence-electron chi connectivity index (χ3n) is 3.00. The van der Waals surface area contributed by atoms with Crippen molar-refractivity contribution >= 4 is 5.91 Å². The topological polar surface area (TPSA) is 52.9 Å². The molecule has 0 saturated heterocycles. The second-order valence-corrected chi connectivity index (χ2v) is 4.16. The van der Waals surface area contributed by atoms with E-state index in [1.54, 1.807) is 12.1 Å². The van der Waals surface area contributed by atoms with Gasteiger partial charge in [-0.3, -0.25) is 4.79 Å². The van der Waals surface area contributed by atoms with Crippen LogP contribution in [-0.2, 0) is 11.3 Å². The number of hydrogen-bond acceptors (Lipinski definition) is 2. The Bertz CT molecular complexity index is 430. The van der Waals surface area contributed by atoms with Gasteiger partial charge >= 0.3 is 0 Å². The fraction of sp³-hybridized carbons (Fsp3) is 0.385. The van der Waals surface area contributed by atoms with Crippen LogP contribution in [-0.4, -0.2) is 5.91 Å². The Morgan fingerprint density at radius 1 is 1.50 bits per heavy atom. The van der Waals surface area contributed by atoms with Gasteiger partial charge in [-0.1, -0.05) is 18.6 Å². The number of benzene rings is 1. The molecule has 1 aromatic rings. The van der Waals surface area contributed by atoms with Gasteiger partial charge in [0.15, 0.2) is 0 Å². The smallest absolute Gasteiger partial charge is 0.223 e. The Balaban J connectivity index is 1.89. The molecule has 1 N–H and O–H groups in total. The predicted molar refractivity (Wildman–Crippen MR) is 60.3 cm³/mol. The Morgan fingerprint density at radius 3 is 2.94 bits per heavy atom. The standard InChI is InChI=1S/C13H14N2O/c14-8-10-3-1-4-11(7-10)9-15-13(16)12-5-2-6-12/h1,3-4,7,12H,2,5-6,9H2,(H,15,16). The summed E-state index contributed by atoms with van der Waals surface area (Å²) in [7, 11) is 0. The minimum Gasteiger partial charge on any atom is -0.352 e. The molecule has 0 atom stereocenters. The average Bonchev–Trinajstić information content (AvgIpc) is 2.24. The largest absolute Gasteiger partial charge is 0.352 e. The van der Waals surface area contributed by atoms with Gasteiger partial charge in [-0.2, -0.15) is 5.26 Å². The Morgan fingerprint density at radius 2 is 2.31 bits per heavy atom. The van der Waals surface area contributed by atoms with Crippen LogP contribution < -0.4 is 5.32 Å². The SMILES string of the molecule is N#Cc1cccc(CNC(=O)C2CCC2)c1. The van der Waals surface area contributed by atoms with Crippen molar-refractivity contribution in [3.05, 3.63) is 35.4 Å². The maximum atomic E-state index is 11.6. The molecule has 0 bridgehead atoms. The average molecular weight is 214 g/mol. The fourth-order valence-electron chi connectivity index (χ4n) is 1.75. The molecule has 1 amide bonds. The quantitative estimate of drug-likeness (QED) is 0.836. The lowest BCUT2D eigenvalue weighted by Crippen LogP contribution is -2.33. The molecule has 0 spiro atoms. The normalized spacial score (nSPS) is 14.9. The summed E-state index contributed by atoms with van der Waals surface area (Å²) in [4.78, 5) is 11.6. The molecule has 1 fully saturated rings. The van der Waals surface area contributed by atoms with Crippen molar-refractivity contribution in [2.75, 3.05) is 0 Å². The lowest BCUT2D eigenvalue weighted by atomic mass is 9.85. The highest BCUT2D eigenvalue weighted by molar-refractivity contribution is 5.79. The first kappa shape index (κ1) is 10.7. The Hall–Kier alpha value is -1.82. The van der Waals surface area contributed by atoms with E-state index in [2.05, 4.69) is 11.4 Å². The summed E-state index contributed by atoms with van der Waals surface area (Å²) < 4.78 is 0. The number of carbonyl (C=O) groups is 1. The van der Waals surface area contributed by atoms with Gasteiger partial charge in [-0.25, -0.2) is 0 Å². The first-order valence-corrected chi connectivity index (χ1v) is 5.56. The summed E-state index contributed by atoms with van der Waals surface area (Å²) in [6, 6.07) is 9.41. The van der Waals surface area contributed by atoms with Crippen LogP contribution in [0.5, 0.6) is 0 Å². The molecule has 3 heteroatoms.